The maximum atomic E-state index is 8.08. The summed E-state index contributed by atoms with van der Waals surface area (Å²) in [4.78, 5) is 0. The summed E-state index contributed by atoms with van der Waals surface area (Å²) >= 11 is 8.08. The summed E-state index contributed by atoms with van der Waals surface area (Å²) in [5.41, 5.74) is 2.77. The summed E-state index contributed by atoms with van der Waals surface area (Å²) in [6.07, 6.45) is 7.64. The van der Waals surface area contributed by atoms with E-state index in [1.54, 1.807) is 0 Å². The molecule has 0 spiro atoms. The first-order valence-corrected chi connectivity index (χ1v) is 14.0. The molecule has 3 rings (SSSR count). The van der Waals surface area contributed by atoms with Crippen LogP contribution in [-0.2, 0) is 0 Å². The van der Waals surface area contributed by atoms with Crippen molar-refractivity contribution in [1.29, 1.82) is 0 Å². The molecule has 2 heteroatoms. The molecular weight excluding hydrogens is 403 g/mol. The van der Waals surface area contributed by atoms with E-state index in [4.69, 9.17) is 11.2 Å². The summed E-state index contributed by atoms with van der Waals surface area (Å²) in [5.74, 6) is -3.18. The molecule has 0 aliphatic rings. The van der Waals surface area contributed by atoms with Crippen molar-refractivity contribution >= 4 is 33.1 Å². The van der Waals surface area contributed by atoms with Gasteiger partial charge in [-0.15, -0.1) is 0 Å². The molecule has 0 heterocycles. The van der Waals surface area contributed by atoms with Gasteiger partial charge in [-0.05, 0) is 0 Å². The normalized spacial score (nSPS) is 13.3. The second kappa shape index (κ2) is 9.78. The van der Waals surface area contributed by atoms with Crippen LogP contribution < -0.4 is 15.9 Å². The molecule has 0 bridgehead atoms. The van der Waals surface area contributed by atoms with E-state index in [2.05, 4.69) is 124 Å². The molecule has 3 aromatic rings. The molecular formula is C28H32ClP. The van der Waals surface area contributed by atoms with Crippen LogP contribution in [0.5, 0.6) is 0 Å². The first-order valence-electron chi connectivity index (χ1n) is 10.6. The molecule has 3 aromatic carbocycles. The average Bonchev–Trinajstić information content (AvgIpc) is 2.79. The Balaban J connectivity index is 2.19. The number of rotatable bonds is 8. The second-order valence-corrected chi connectivity index (χ2v) is 14.8. The van der Waals surface area contributed by atoms with E-state index in [0.29, 0.717) is 0 Å². The molecule has 0 aromatic heterocycles. The van der Waals surface area contributed by atoms with Crippen LogP contribution in [0.15, 0.2) is 114 Å². The zero-order valence-electron chi connectivity index (χ0n) is 18.3. The zero-order chi connectivity index (χ0) is 21.5. The van der Waals surface area contributed by atoms with Crippen LogP contribution in [-0.4, -0.2) is 6.16 Å². The van der Waals surface area contributed by atoms with Gasteiger partial charge in [0.25, 0.3) is 0 Å². The fourth-order valence-corrected chi connectivity index (χ4v) is 9.78. The van der Waals surface area contributed by atoms with Crippen LogP contribution in [0, 0.1) is 0 Å². The number of halogens is 1. The Morgan fingerprint density at radius 2 is 1.07 bits per heavy atom. The molecule has 0 nitrogen and oxygen atoms in total. The quantitative estimate of drug-likeness (QED) is 0.256. The molecule has 0 saturated carbocycles. The number of hydrogen-bond donors (Lipinski definition) is 0. The Morgan fingerprint density at radius 1 is 0.667 bits per heavy atom. The zero-order valence-corrected chi connectivity index (χ0v) is 19.9. The number of benzene rings is 3. The number of allylic oxidation sites excluding steroid dienone is 4. The van der Waals surface area contributed by atoms with Crippen molar-refractivity contribution < 1.29 is 0 Å². The van der Waals surface area contributed by atoms with Crippen molar-refractivity contribution in [2.24, 2.45) is 0 Å². The summed E-state index contributed by atoms with van der Waals surface area (Å²) in [6.45, 7) is 6.55. The third-order valence-electron chi connectivity index (χ3n) is 5.76. The van der Waals surface area contributed by atoms with Gasteiger partial charge in [-0.2, -0.15) is 0 Å². The summed E-state index contributed by atoms with van der Waals surface area (Å²) in [7, 11) is 0. The van der Waals surface area contributed by atoms with Gasteiger partial charge in [0.15, 0.2) is 0 Å². The molecule has 0 aliphatic carbocycles. The van der Waals surface area contributed by atoms with Crippen molar-refractivity contribution in [1.82, 2.24) is 0 Å². The molecule has 0 atom stereocenters. The van der Waals surface area contributed by atoms with Crippen LogP contribution in [0.3, 0.4) is 0 Å². The van der Waals surface area contributed by atoms with Crippen molar-refractivity contribution in [3.05, 3.63) is 114 Å². The molecule has 30 heavy (non-hydrogen) atoms. The van der Waals surface area contributed by atoms with E-state index in [-0.39, 0.29) is 0 Å². The van der Waals surface area contributed by atoms with Gasteiger partial charge in [-0.1, -0.05) is 0 Å². The minimum atomic E-state index is -3.18. The third kappa shape index (κ3) is 4.61. The van der Waals surface area contributed by atoms with E-state index < -0.39 is 5.96 Å². The fraction of sp³-hybridized carbons (Fsp3) is 0.214. The minimum absolute atomic E-state index is 0.811. The van der Waals surface area contributed by atoms with E-state index in [0.717, 1.165) is 19.0 Å². The van der Waals surface area contributed by atoms with Gasteiger partial charge in [0, 0.05) is 0 Å². The maximum absolute atomic E-state index is 8.08. The molecule has 0 saturated heterocycles. The fourth-order valence-electron chi connectivity index (χ4n) is 4.00. The first-order chi connectivity index (χ1) is 14.4. The van der Waals surface area contributed by atoms with Gasteiger partial charge < -0.3 is 0 Å². The average molecular weight is 435 g/mol. The Morgan fingerprint density at radius 3 is 1.43 bits per heavy atom. The number of hydrogen-bond acceptors (Lipinski definition) is 0. The summed E-state index contributed by atoms with van der Waals surface area (Å²) in [5, 5.41) is 3.66. The topological polar surface area (TPSA) is 0 Å². The molecule has 0 amide bonds. The Hall–Kier alpha value is -2.14. The first kappa shape index (κ1) is 22.5. The van der Waals surface area contributed by atoms with E-state index in [1.807, 2.05) is 0 Å². The molecule has 156 valence electrons. The van der Waals surface area contributed by atoms with Crippen molar-refractivity contribution in [3.63, 3.8) is 0 Å². The molecule has 0 unspecified atom stereocenters. The SMILES string of the molecule is CC(C)=CCC/C(C)=C/CP(Cl)(c1ccccc1)(c1ccccc1)c1ccccc1. The monoisotopic (exact) mass is 434 g/mol. The van der Waals surface area contributed by atoms with Crippen LogP contribution in [0.4, 0.5) is 0 Å². The second-order valence-electron chi connectivity index (χ2n) is 8.24. The van der Waals surface area contributed by atoms with E-state index >= 15 is 0 Å². The Bertz CT molecular complexity index is 901. The van der Waals surface area contributed by atoms with Gasteiger partial charge in [0.05, 0.1) is 0 Å². The molecule has 0 N–H and O–H groups in total. The van der Waals surface area contributed by atoms with E-state index in [1.165, 1.54) is 27.1 Å². The van der Waals surface area contributed by atoms with Gasteiger partial charge in [-0.25, -0.2) is 0 Å². The predicted octanol–water partition coefficient (Wildman–Crippen LogP) is 7.36. The van der Waals surface area contributed by atoms with Crippen LogP contribution in [0.1, 0.15) is 33.6 Å². The Labute approximate surface area is 187 Å². The molecule has 0 aliphatic heterocycles. The van der Waals surface area contributed by atoms with Crippen LogP contribution in [0.25, 0.3) is 0 Å². The summed E-state index contributed by atoms with van der Waals surface area (Å²) in [6, 6.07) is 32.1. The van der Waals surface area contributed by atoms with Gasteiger partial charge in [-0.3, -0.25) is 0 Å². The van der Waals surface area contributed by atoms with Crippen LogP contribution in [0.2, 0.25) is 0 Å². The van der Waals surface area contributed by atoms with Crippen molar-refractivity contribution in [2.75, 3.05) is 6.16 Å². The molecule has 0 radical (unpaired) electrons. The van der Waals surface area contributed by atoms with Crippen molar-refractivity contribution in [2.45, 2.75) is 33.6 Å². The molecule has 0 fully saturated rings. The van der Waals surface area contributed by atoms with Crippen molar-refractivity contribution in [3.8, 4) is 0 Å². The summed E-state index contributed by atoms with van der Waals surface area (Å²) < 4.78 is 0. The van der Waals surface area contributed by atoms with Gasteiger partial charge in [0.2, 0.25) is 0 Å². The van der Waals surface area contributed by atoms with Gasteiger partial charge in [0.1, 0.15) is 0 Å². The predicted molar refractivity (Wildman–Crippen MR) is 138 cm³/mol. The van der Waals surface area contributed by atoms with Gasteiger partial charge >= 0.3 is 187 Å². The Kier molecular flexibility index (Phi) is 7.35. The van der Waals surface area contributed by atoms with E-state index in [9.17, 15) is 0 Å². The standard InChI is InChI=1S/C28H32ClP/c1-24(2)14-13-15-25(3)22-23-30(29,26-16-7-4-8-17-26,27-18-9-5-10-19-27)28-20-11-6-12-21-28/h4-12,14,16-22H,13,15,23H2,1-3H3/b25-22+. The third-order valence-corrected chi connectivity index (χ3v) is 12.9. The van der Waals surface area contributed by atoms with Crippen LogP contribution >= 0.6 is 17.2 Å².